The largest absolute Gasteiger partial charge is 0.397 e. The van der Waals surface area contributed by atoms with Crippen molar-refractivity contribution < 1.29 is 8.78 Å². The summed E-state index contributed by atoms with van der Waals surface area (Å²) in [6.45, 7) is 1.90. The van der Waals surface area contributed by atoms with E-state index in [1.807, 2.05) is 13.0 Å². The summed E-state index contributed by atoms with van der Waals surface area (Å²) in [5.74, 6) is -1.40. The van der Waals surface area contributed by atoms with E-state index in [2.05, 4.69) is 0 Å². The molecule has 0 saturated heterocycles. The fraction of sp³-hybridized carbons (Fsp3) is 0.250. The second-order valence-electron chi connectivity index (χ2n) is 3.41. The lowest BCUT2D eigenvalue weighted by Crippen LogP contribution is -2.02. The Labute approximate surface area is 93.0 Å². The second-order valence-corrected chi connectivity index (χ2v) is 3.41. The van der Waals surface area contributed by atoms with Crippen LogP contribution < -0.4 is 5.73 Å². The predicted molar refractivity (Wildman–Crippen MR) is 58.0 cm³/mol. The number of hydrogen-bond acceptors (Lipinski definition) is 2. The molecule has 16 heavy (non-hydrogen) atoms. The monoisotopic (exact) mass is 222 g/mol. The van der Waals surface area contributed by atoms with Crippen LogP contribution in [0.4, 0.5) is 8.78 Å². The molecule has 0 aliphatic heterocycles. The highest BCUT2D eigenvalue weighted by Gasteiger charge is 2.07. The molecule has 1 rings (SSSR count). The standard InChI is InChI=1S/C12H12F2N2/c1-2-3-8(7-15)12(16)9-4-10(13)6-11(14)5-9/h4-6H,2-3,16H2,1H3/b12-8-. The Bertz CT molecular complexity index is 438. The van der Waals surface area contributed by atoms with Crippen molar-refractivity contribution in [3.63, 3.8) is 0 Å². The van der Waals surface area contributed by atoms with Crippen molar-refractivity contribution in [1.29, 1.82) is 5.26 Å². The first-order valence-electron chi connectivity index (χ1n) is 4.93. The van der Waals surface area contributed by atoms with E-state index in [1.54, 1.807) is 0 Å². The molecular formula is C12H12F2N2. The maximum atomic E-state index is 12.9. The van der Waals surface area contributed by atoms with Crippen molar-refractivity contribution in [2.45, 2.75) is 19.8 Å². The Kier molecular flexibility index (Phi) is 4.01. The lowest BCUT2D eigenvalue weighted by atomic mass is 10.0. The fourth-order valence-electron chi connectivity index (χ4n) is 1.38. The maximum absolute atomic E-state index is 12.9. The van der Waals surface area contributed by atoms with Crippen molar-refractivity contribution in [1.82, 2.24) is 0 Å². The van der Waals surface area contributed by atoms with Crippen LogP contribution >= 0.6 is 0 Å². The number of rotatable bonds is 3. The van der Waals surface area contributed by atoms with Gasteiger partial charge in [0.15, 0.2) is 0 Å². The van der Waals surface area contributed by atoms with E-state index in [0.717, 1.165) is 24.6 Å². The van der Waals surface area contributed by atoms with Gasteiger partial charge in [-0.05, 0) is 18.6 Å². The first-order chi connectivity index (χ1) is 7.58. The SMILES string of the molecule is CCC/C(C#N)=C(/N)c1cc(F)cc(F)c1. The summed E-state index contributed by atoms with van der Waals surface area (Å²) in [6, 6.07) is 4.95. The second kappa shape index (κ2) is 5.26. The smallest absolute Gasteiger partial charge is 0.126 e. The molecule has 0 heterocycles. The van der Waals surface area contributed by atoms with E-state index in [9.17, 15) is 8.78 Å². The minimum atomic E-state index is -0.702. The number of nitrogens with two attached hydrogens (primary N) is 1. The van der Waals surface area contributed by atoms with Gasteiger partial charge < -0.3 is 5.73 Å². The zero-order valence-electron chi connectivity index (χ0n) is 8.93. The molecule has 0 aliphatic rings. The first-order valence-corrected chi connectivity index (χ1v) is 4.93. The molecule has 0 bridgehead atoms. The van der Waals surface area contributed by atoms with E-state index in [4.69, 9.17) is 11.0 Å². The molecule has 1 aromatic carbocycles. The number of halogens is 2. The molecule has 2 nitrogen and oxygen atoms in total. The third kappa shape index (κ3) is 2.80. The minimum Gasteiger partial charge on any atom is -0.397 e. The van der Waals surface area contributed by atoms with E-state index in [-0.39, 0.29) is 11.3 Å². The van der Waals surface area contributed by atoms with Crippen molar-refractivity contribution in [2.24, 2.45) is 5.73 Å². The molecule has 1 aromatic rings. The van der Waals surface area contributed by atoms with E-state index in [0.29, 0.717) is 12.0 Å². The van der Waals surface area contributed by atoms with Gasteiger partial charge in [0.25, 0.3) is 0 Å². The van der Waals surface area contributed by atoms with Crippen LogP contribution in [0.2, 0.25) is 0 Å². The van der Waals surface area contributed by atoms with Gasteiger partial charge in [-0.15, -0.1) is 0 Å². The van der Waals surface area contributed by atoms with Gasteiger partial charge in [-0.3, -0.25) is 0 Å². The van der Waals surface area contributed by atoms with Gasteiger partial charge in [-0.1, -0.05) is 13.3 Å². The van der Waals surface area contributed by atoms with Gasteiger partial charge in [0.1, 0.15) is 11.6 Å². The van der Waals surface area contributed by atoms with Gasteiger partial charge in [0.05, 0.1) is 17.3 Å². The molecule has 0 saturated carbocycles. The fourth-order valence-corrected chi connectivity index (χ4v) is 1.38. The van der Waals surface area contributed by atoms with Crippen molar-refractivity contribution in [3.05, 3.63) is 41.0 Å². The molecule has 0 unspecified atom stereocenters. The molecule has 0 fully saturated rings. The van der Waals surface area contributed by atoms with Crippen molar-refractivity contribution in [3.8, 4) is 6.07 Å². The van der Waals surface area contributed by atoms with E-state index < -0.39 is 11.6 Å². The minimum absolute atomic E-state index is 0.141. The van der Waals surface area contributed by atoms with Gasteiger partial charge in [-0.25, -0.2) is 8.78 Å². The van der Waals surface area contributed by atoms with Gasteiger partial charge >= 0.3 is 0 Å². The number of allylic oxidation sites excluding steroid dienone is 1. The maximum Gasteiger partial charge on any atom is 0.126 e. The molecule has 2 N–H and O–H groups in total. The summed E-state index contributed by atoms with van der Waals surface area (Å²) in [4.78, 5) is 0. The number of hydrogen-bond donors (Lipinski definition) is 1. The average Bonchev–Trinajstić information content (AvgIpc) is 2.23. The molecule has 0 radical (unpaired) electrons. The molecule has 0 amide bonds. The zero-order chi connectivity index (χ0) is 12.1. The topological polar surface area (TPSA) is 49.8 Å². The predicted octanol–water partition coefficient (Wildman–Crippen LogP) is 2.96. The van der Waals surface area contributed by atoms with Gasteiger partial charge in [-0.2, -0.15) is 5.26 Å². The number of nitriles is 1. The van der Waals surface area contributed by atoms with Crippen LogP contribution in [0, 0.1) is 23.0 Å². The van der Waals surface area contributed by atoms with Gasteiger partial charge in [0, 0.05) is 11.6 Å². The van der Waals surface area contributed by atoms with Gasteiger partial charge in [0.2, 0.25) is 0 Å². The summed E-state index contributed by atoms with van der Waals surface area (Å²) >= 11 is 0. The Hall–Kier alpha value is -1.89. The quantitative estimate of drug-likeness (QED) is 0.799. The zero-order valence-corrected chi connectivity index (χ0v) is 8.93. The van der Waals surface area contributed by atoms with E-state index in [1.165, 1.54) is 0 Å². The first kappa shape index (κ1) is 12.2. The molecule has 0 aromatic heterocycles. The van der Waals surface area contributed by atoms with Crippen LogP contribution in [-0.2, 0) is 0 Å². The molecular weight excluding hydrogens is 210 g/mol. The summed E-state index contributed by atoms with van der Waals surface area (Å²) in [7, 11) is 0. The Morgan fingerprint density at radius 1 is 1.31 bits per heavy atom. The Morgan fingerprint density at radius 3 is 2.31 bits per heavy atom. The van der Waals surface area contributed by atoms with Crippen LogP contribution in [0.5, 0.6) is 0 Å². The summed E-state index contributed by atoms with van der Waals surface area (Å²) < 4.78 is 25.9. The lowest BCUT2D eigenvalue weighted by Gasteiger charge is -2.05. The van der Waals surface area contributed by atoms with E-state index >= 15 is 0 Å². The summed E-state index contributed by atoms with van der Waals surface area (Å²) in [5.41, 5.74) is 6.40. The third-order valence-electron chi connectivity index (χ3n) is 2.13. The van der Waals surface area contributed by atoms with Crippen LogP contribution in [0.3, 0.4) is 0 Å². The molecule has 0 aliphatic carbocycles. The van der Waals surface area contributed by atoms with Crippen LogP contribution in [0.1, 0.15) is 25.3 Å². The highest BCUT2D eigenvalue weighted by molar-refractivity contribution is 5.69. The third-order valence-corrected chi connectivity index (χ3v) is 2.13. The van der Waals surface area contributed by atoms with Crippen LogP contribution in [0.15, 0.2) is 23.8 Å². The Balaban J connectivity index is 3.22. The average molecular weight is 222 g/mol. The highest BCUT2D eigenvalue weighted by atomic mass is 19.1. The van der Waals surface area contributed by atoms with Crippen LogP contribution in [0.25, 0.3) is 5.70 Å². The molecule has 0 atom stereocenters. The normalized spacial score (nSPS) is 11.9. The molecule has 84 valence electrons. The lowest BCUT2D eigenvalue weighted by molar-refractivity contribution is 0.582. The van der Waals surface area contributed by atoms with Crippen molar-refractivity contribution >= 4 is 5.70 Å². The van der Waals surface area contributed by atoms with Crippen LogP contribution in [-0.4, -0.2) is 0 Å². The van der Waals surface area contributed by atoms with Crippen molar-refractivity contribution in [2.75, 3.05) is 0 Å². The summed E-state index contributed by atoms with van der Waals surface area (Å²) in [5, 5.41) is 8.85. The number of benzene rings is 1. The molecule has 4 heteroatoms. The number of nitrogens with zero attached hydrogens (tertiary/aromatic N) is 1. The highest BCUT2D eigenvalue weighted by Crippen LogP contribution is 2.19. The molecule has 0 spiro atoms. The Morgan fingerprint density at radius 2 is 1.88 bits per heavy atom. The summed E-state index contributed by atoms with van der Waals surface area (Å²) in [6.07, 6.45) is 1.25.